The lowest BCUT2D eigenvalue weighted by molar-refractivity contribution is 0.239. The second kappa shape index (κ2) is 5.26. The molecule has 0 aromatic heterocycles. The summed E-state index contributed by atoms with van der Waals surface area (Å²) in [6, 6.07) is 3.39. The Bertz CT molecular complexity index is 600. The summed E-state index contributed by atoms with van der Waals surface area (Å²) in [6.07, 6.45) is 4.25. The molecule has 2 rings (SSSR count). The summed E-state index contributed by atoms with van der Waals surface area (Å²) in [5.74, 6) is 0.757. The van der Waals surface area contributed by atoms with Crippen molar-refractivity contribution in [1.82, 2.24) is 0 Å². The van der Waals surface area contributed by atoms with Crippen molar-refractivity contribution in [1.29, 1.82) is 0 Å². The topological polar surface area (TPSA) is 78.6 Å². The lowest BCUT2D eigenvalue weighted by Crippen LogP contribution is -2.41. The van der Waals surface area contributed by atoms with E-state index >= 15 is 0 Å². The van der Waals surface area contributed by atoms with E-state index in [1.807, 2.05) is 6.07 Å². The number of benzene rings is 1. The van der Waals surface area contributed by atoms with E-state index in [9.17, 15) is 8.42 Å². The van der Waals surface area contributed by atoms with Crippen molar-refractivity contribution in [2.24, 2.45) is 5.73 Å². The van der Waals surface area contributed by atoms with Crippen molar-refractivity contribution < 1.29 is 17.9 Å². The molecule has 1 fully saturated rings. The molecule has 2 N–H and O–H groups in total. The Balaban J connectivity index is 2.67. The summed E-state index contributed by atoms with van der Waals surface area (Å²) in [7, 11) is -0.397. The molecule has 0 radical (unpaired) electrons. The summed E-state index contributed by atoms with van der Waals surface area (Å²) in [4.78, 5) is 0.145. The van der Waals surface area contributed by atoms with Gasteiger partial charge in [0, 0.05) is 23.8 Å². The van der Waals surface area contributed by atoms with Gasteiger partial charge in [-0.3, -0.25) is 0 Å². The number of rotatable bonds is 5. The molecule has 0 atom stereocenters. The van der Waals surface area contributed by atoms with Crippen molar-refractivity contribution in [3.8, 4) is 11.5 Å². The number of hydrogen-bond donors (Lipinski definition) is 1. The Morgan fingerprint density at radius 2 is 1.80 bits per heavy atom. The molecule has 1 aliphatic rings. The zero-order valence-electron chi connectivity index (χ0n) is 12.1. The molecule has 1 aromatic carbocycles. The first-order chi connectivity index (χ1) is 9.39. The molecule has 1 aromatic rings. The molecule has 6 heteroatoms. The predicted molar refractivity (Wildman–Crippen MR) is 77.2 cm³/mol. The minimum atomic E-state index is -3.37. The minimum absolute atomic E-state index is 0.116. The van der Waals surface area contributed by atoms with Crippen LogP contribution < -0.4 is 15.2 Å². The number of ether oxygens (including phenoxy) is 2. The molecule has 20 heavy (non-hydrogen) atoms. The fourth-order valence-corrected chi connectivity index (χ4v) is 3.67. The normalized spacial score (nSPS) is 17.4. The van der Waals surface area contributed by atoms with Crippen molar-refractivity contribution in [3.05, 3.63) is 17.7 Å². The van der Waals surface area contributed by atoms with Gasteiger partial charge in [0.15, 0.2) is 21.3 Å². The SMILES string of the molecule is COc1c(C2(CN)CCC2)ccc(S(C)(=O)=O)c1OC. The van der Waals surface area contributed by atoms with Crippen LogP contribution >= 0.6 is 0 Å². The van der Waals surface area contributed by atoms with Gasteiger partial charge < -0.3 is 15.2 Å². The lowest BCUT2D eigenvalue weighted by Gasteiger charge is -2.42. The fourth-order valence-electron chi connectivity index (χ4n) is 2.84. The van der Waals surface area contributed by atoms with E-state index < -0.39 is 9.84 Å². The Morgan fingerprint density at radius 1 is 1.20 bits per heavy atom. The fraction of sp³-hybridized carbons (Fsp3) is 0.571. The third-order valence-electron chi connectivity index (χ3n) is 4.16. The van der Waals surface area contributed by atoms with Crippen LogP contribution in [0, 0.1) is 0 Å². The van der Waals surface area contributed by atoms with Crippen LogP contribution in [0.15, 0.2) is 17.0 Å². The van der Waals surface area contributed by atoms with Crippen LogP contribution in [-0.4, -0.2) is 35.4 Å². The molecule has 1 aliphatic carbocycles. The Labute approximate surface area is 120 Å². The van der Waals surface area contributed by atoms with Gasteiger partial charge in [0.2, 0.25) is 0 Å². The second-order valence-electron chi connectivity index (χ2n) is 5.29. The van der Waals surface area contributed by atoms with Gasteiger partial charge in [-0.1, -0.05) is 12.5 Å². The maximum absolute atomic E-state index is 11.8. The number of methoxy groups -OCH3 is 2. The highest BCUT2D eigenvalue weighted by atomic mass is 32.2. The number of nitrogens with two attached hydrogens (primary N) is 1. The Hall–Kier alpha value is -1.27. The summed E-state index contributed by atoms with van der Waals surface area (Å²) >= 11 is 0. The molecule has 0 unspecified atom stereocenters. The van der Waals surface area contributed by atoms with E-state index in [-0.39, 0.29) is 16.1 Å². The van der Waals surface area contributed by atoms with Gasteiger partial charge in [0.05, 0.1) is 14.2 Å². The molecule has 0 spiro atoms. The Morgan fingerprint density at radius 3 is 2.15 bits per heavy atom. The summed E-state index contributed by atoms with van der Waals surface area (Å²) in [6.45, 7) is 0.519. The van der Waals surface area contributed by atoms with E-state index in [0.29, 0.717) is 12.3 Å². The average Bonchev–Trinajstić information content (AvgIpc) is 2.35. The van der Waals surface area contributed by atoms with Crippen LogP contribution in [0.1, 0.15) is 24.8 Å². The first kappa shape index (κ1) is 15.1. The van der Waals surface area contributed by atoms with Crippen molar-refractivity contribution in [3.63, 3.8) is 0 Å². The van der Waals surface area contributed by atoms with E-state index in [2.05, 4.69) is 0 Å². The van der Waals surface area contributed by atoms with Gasteiger partial charge in [-0.2, -0.15) is 0 Å². The highest BCUT2D eigenvalue weighted by Gasteiger charge is 2.41. The van der Waals surface area contributed by atoms with Gasteiger partial charge >= 0.3 is 0 Å². The van der Waals surface area contributed by atoms with E-state index in [0.717, 1.165) is 31.1 Å². The lowest BCUT2D eigenvalue weighted by atomic mass is 9.64. The van der Waals surface area contributed by atoms with Crippen molar-refractivity contribution >= 4 is 9.84 Å². The van der Waals surface area contributed by atoms with Crippen LogP contribution in [0.2, 0.25) is 0 Å². The molecule has 5 nitrogen and oxygen atoms in total. The Kier molecular flexibility index (Phi) is 3.97. The van der Waals surface area contributed by atoms with Gasteiger partial charge in [-0.25, -0.2) is 8.42 Å². The van der Waals surface area contributed by atoms with Crippen LogP contribution in [0.4, 0.5) is 0 Å². The first-order valence-electron chi connectivity index (χ1n) is 6.55. The van der Waals surface area contributed by atoms with Gasteiger partial charge in [-0.05, 0) is 18.9 Å². The van der Waals surface area contributed by atoms with E-state index in [4.69, 9.17) is 15.2 Å². The molecule has 112 valence electrons. The molecular weight excluding hydrogens is 278 g/mol. The van der Waals surface area contributed by atoms with Crippen LogP contribution in [0.5, 0.6) is 11.5 Å². The second-order valence-corrected chi connectivity index (χ2v) is 7.27. The van der Waals surface area contributed by atoms with Crippen LogP contribution in [-0.2, 0) is 15.3 Å². The largest absolute Gasteiger partial charge is 0.493 e. The number of hydrogen-bond acceptors (Lipinski definition) is 5. The zero-order chi connectivity index (χ0) is 15.0. The van der Waals surface area contributed by atoms with Gasteiger partial charge in [-0.15, -0.1) is 0 Å². The maximum atomic E-state index is 11.8. The quantitative estimate of drug-likeness (QED) is 0.891. The molecule has 0 amide bonds. The maximum Gasteiger partial charge on any atom is 0.179 e. The standard InChI is InChI=1S/C14H21NO4S/c1-18-12-10(14(9-15)7-4-8-14)5-6-11(13(12)19-2)20(3,16)17/h5-6H,4,7-9,15H2,1-3H3. The molecule has 0 heterocycles. The third-order valence-corrected chi connectivity index (χ3v) is 5.28. The highest BCUT2D eigenvalue weighted by Crippen LogP contribution is 2.50. The molecule has 0 aliphatic heterocycles. The third kappa shape index (κ3) is 2.27. The van der Waals surface area contributed by atoms with Crippen molar-refractivity contribution in [2.45, 2.75) is 29.6 Å². The minimum Gasteiger partial charge on any atom is -0.493 e. The smallest absolute Gasteiger partial charge is 0.179 e. The molecule has 0 saturated heterocycles. The van der Waals surface area contributed by atoms with Crippen molar-refractivity contribution in [2.75, 3.05) is 27.0 Å². The molecular formula is C14H21NO4S. The van der Waals surface area contributed by atoms with Crippen LogP contribution in [0.25, 0.3) is 0 Å². The molecule has 0 bridgehead atoms. The predicted octanol–water partition coefficient (Wildman–Crippen LogP) is 1.49. The molecule has 1 saturated carbocycles. The van der Waals surface area contributed by atoms with E-state index in [1.54, 1.807) is 6.07 Å². The first-order valence-corrected chi connectivity index (χ1v) is 8.44. The van der Waals surface area contributed by atoms with E-state index in [1.165, 1.54) is 14.2 Å². The summed E-state index contributed by atoms with van der Waals surface area (Å²) in [5, 5.41) is 0. The number of sulfone groups is 1. The zero-order valence-corrected chi connectivity index (χ0v) is 12.9. The van der Waals surface area contributed by atoms with Gasteiger partial charge in [0.25, 0.3) is 0 Å². The van der Waals surface area contributed by atoms with Gasteiger partial charge in [0.1, 0.15) is 4.90 Å². The summed E-state index contributed by atoms with van der Waals surface area (Å²) < 4.78 is 34.4. The summed E-state index contributed by atoms with van der Waals surface area (Å²) in [5.41, 5.74) is 6.75. The highest BCUT2D eigenvalue weighted by molar-refractivity contribution is 7.90. The average molecular weight is 299 g/mol. The van der Waals surface area contributed by atoms with Crippen LogP contribution in [0.3, 0.4) is 0 Å². The monoisotopic (exact) mass is 299 g/mol.